The topological polar surface area (TPSA) is 75.6 Å². The number of isocyanates is 1. The van der Waals surface area contributed by atoms with E-state index in [1.54, 1.807) is 23.0 Å². The normalized spacial score (nSPS) is 10.2. The molecular weight excluding hydrogens is 192 g/mol. The third kappa shape index (κ3) is 2.40. The maximum Gasteiger partial charge on any atom is 0.277 e. The number of hydrogen-bond acceptors (Lipinski definition) is 4. The van der Waals surface area contributed by atoms with Gasteiger partial charge in [-0.05, 0) is 12.1 Å². The van der Waals surface area contributed by atoms with E-state index in [0.29, 0.717) is 0 Å². The molecule has 13 heavy (non-hydrogen) atoms. The van der Waals surface area contributed by atoms with E-state index in [1.165, 1.54) is 12.1 Å². The van der Waals surface area contributed by atoms with Crippen molar-refractivity contribution in [3.05, 3.63) is 30.3 Å². The lowest BCUT2D eigenvalue weighted by Crippen LogP contribution is -2.17. The summed E-state index contributed by atoms with van der Waals surface area (Å²) in [7, 11) is -3.70. The average Bonchev–Trinajstić information content (AvgIpc) is 2.16. The second-order valence-corrected chi connectivity index (χ2v) is 3.77. The molecule has 0 bridgehead atoms. The lowest BCUT2D eigenvalue weighted by Gasteiger charge is -1.99. The first-order valence-electron chi connectivity index (χ1n) is 3.30. The molecule has 5 nitrogen and oxygen atoms in total. The van der Waals surface area contributed by atoms with Gasteiger partial charge in [0.1, 0.15) is 0 Å². The van der Waals surface area contributed by atoms with Gasteiger partial charge in [0.2, 0.25) is 0 Å². The van der Waals surface area contributed by atoms with Gasteiger partial charge in [0, 0.05) is 0 Å². The number of sulfonamides is 1. The van der Waals surface area contributed by atoms with Crippen molar-refractivity contribution in [1.82, 2.24) is 4.83 Å². The van der Waals surface area contributed by atoms with Gasteiger partial charge in [-0.2, -0.15) is 13.2 Å². The summed E-state index contributed by atoms with van der Waals surface area (Å²) in [6.45, 7) is 0. The van der Waals surface area contributed by atoms with Crippen LogP contribution in [-0.4, -0.2) is 14.5 Å². The Balaban J connectivity index is 3.02. The lowest BCUT2D eigenvalue weighted by molar-refractivity contribution is 0.557. The molecule has 0 radical (unpaired) electrons. The SMILES string of the molecule is O=C=NNS(=O)(=O)c1ccccc1. The van der Waals surface area contributed by atoms with Crippen LogP contribution in [0.25, 0.3) is 0 Å². The van der Waals surface area contributed by atoms with E-state index < -0.39 is 10.0 Å². The summed E-state index contributed by atoms with van der Waals surface area (Å²) in [4.78, 5) is 11.4. The Hall–Kier alpha value is -1.65. The van der Waals surface area contributed by atoms with Crippen molar-refractivity contribution in [1.29, 1.82) is 0 Å². The summed E-state index contributed by atoms with van der Waals surface area (Å²) in [5, 5.41) is 2.78. The molecule has 0 aromatic heterocycles. The molecule has 6 heteroatoms. The highest BCUT2D eigenvalue weighted by Gasteiger charge is 2.10. The number of nitrogens with one attached hydrogen (secondary N) is 1. The van der Waals surface area contributed by atoms with E-state index in [0.717, 1.165) is 6.08 Å². The molecule has 0 amide bonds. The van der Waals surface area contributed by atoms with Crippen LogP contribution in [0.3, 0.4) is 0 Å². The second-order valence-electron chi connectivity index (χ2n) is 2.11. The first-order chi connectivity index (χ1) is 6.17. The number of hydrogen-bond donors (Lipinski definition) is 1. The van der Waals surface area contributed by atoms with Crippen molar-refractivity contribution < 1.29 is 13.2 Å². The fourth-order valence-corrected chi connectivity index (χ4v) is 1.51. The van der Waals surface area contributed by atoms with Crippen LogP contribution in [0.5, 0.6) is 0 Å². The van der Waals surface area contributed by atoms with E-state index in [2.05, 4.69) is 5.10 Å². The number of rotatable bonds is 3. The molecule has 0 spiro atoms. The van der Waals surface area contributed by atoms with Gasteiger partial charge < -0.3 is 0 Å². The van der Waals surface area contributed by atoms with E-state index in [1.807, 2.05) is 0 Å². The Kier molecular flexibility index (Phi) is 2.79. The highest BCUT2D eigenvalue weighted by Crippen LogP contribution is 2.06. The molecule has 0 saturated heterocycles. The van der Waals surface area contributed by atoms with Gasteiger partial charge in [-0.25, -0.2) is 4.79 Å². The van der Waals surface area contributed by atoms with Crippen molar-refractivity contribution in [3.63, 3.8) is 0 Å². The summed E-state index contributed by atoms with van der Waals surface area (Å²) in [6, 6.07) is 7.60. The fourth-order valence-electron chi connectivity index (χ4n) is 0.731. The molecule has 0 aliphatic rings. The molecule has 1 aromatic rings. The standard InChI is InChI=1S/C7H6N2O3S/c10-6-8-9-13(11,12)7-4-2-1-3-5-7/h1-5,9H. The van der Waals surface area contributed by atoms with Gasteiger partial charge in [0.25, 0.3) is 16.1 Å². The Morgan fingerprint density at radius 2 is 1.85 bits per heavy atom. The van der Waals surface area contributed by atoms with Crippen molar-refractivity contribution in [2.24, 2.45) is 5.10 Å². The van der Waals surface area contributed by atoms with Crippen LogP contribution < -0.4 is 4.83 Å². The summed E-state index contributed by atoms with van der Waals surface area (Å²) in [5.74, 6) is 0. The largest absolute Gasteiger partial charge is 0.277 e. The third-order valence-electron chi connectivity index (χ3n) is 1.26. The van der Waals surface area contributed by atoms with Crippen molar-refractivity contribution in [2.75, 3.05) is 0 Å². The molecule has 0 aliphatic heterocycles. The van der Waals surface area contributed by atoms with Gasteiger partial charge >= 0.3 is 0 Å². The van der Waals surface area contributed by atoms with Crippen LogP contribution in [0.15, 0.2) is 40.3 Å². The predicted octanol–water partition coefficient (Wildman–Crippen LogP) is 0.216. The zero-order valence-corrected chi connectivity index (χ0v) is 7.28. The maximum atomic E-state index is 11.2. The molecule has 0 saturated carbocycles. The number of hydrazone groups is 1. The minimum absolute atomic E-state index is 0.0500. The Morgan fingerprint density at radius 3 is 2.38 bits per heavy atom. The Bertz CT molecular complexity index is 420. The van der Waals surface area contributed by atoms with Crippen LogP contribution in [0.4, 0.5) is 0 Å². The summed E-state index contributed by atoms with van der Waals surface area (Å²) < 4.78 is 22.4. The third-order valence-corrected chi connectivity index (χ3v) is 2.49. The number of carbonyl (C=O) groups excluding carboxylic acids is 1. The Morgan fingerprint density at radius 1 is 1.23 bits per heavy atom. The zero-order valence-electron chi connectivity index (χ0n) is 6.47. The maximum absolute atomic E-state index is 11.2. The number of nitrogens with zero attached hydrogens (tertiary/aromatic N) is 1. The second kappa shape index (κ2) is 3.84. The molecular formula is C7H6N2O3S. The van der Waals surface area contributed by atoms with Gasteiger partial charge in [0.15, 0.2) is 0 Å². The molecule has 0 fully saturated rings. The lowest BCUT2D eigenvalue weighted by atomic mass is 10.4. The Labute approximate surface area is 75.1 Å². The molecule has 68 valence electrons. The van der Waals surface area contributed by atoms with Crippen LogP contribution in [0.1, 0.15) is 0 Å². The fraction of sp³-hybridized carbons (Fsp3) is 0. The molecule has 1 rings (SSSR count). The molecule has 1 aromatic carbocycles. The van der Waals surface area contributed by atoms with E-state index in [-0.39, 0.29) is 4.90 Å². The quantitative estimate of drug-likeness (QED) is 0.428. The molecule has 0 atom stereocenters. The molecule has 0 unspecified atom stereocenters. The predicted molar refractivity (Wildman–Crippen MR) is 44.9 cm³/mol. The summed E-state index contributed by atoms with van der Waals surface area (Å²) in [5.41, 5.74) is 0. The van der Waals surface area contributed by atoms with Gasteiger partial charge in [-0.15, -0.1) is 0 Å². The number of benzene rings is 1. The van der Waals surface area contributed by atoms with Crippen molar-refractivity contribution in [2.45, 2.75) is 4.90 Å². The molecule has 1 N–H and O–H groups in total. The van der Waals surface area contributed by atoms with Gasteiger partial charge in [-0.3, -0.25) is 0 Å². The molecule has 0 aliphatic carbocycles. The van der Waals surface area contributed by atoms with Crippen LogP contribution in [0.2, 0.25) is 0 Å². The van der Waals surface area contributed by atoms with Crippen molar-refractivity contribution >= 4 is 16.1 Å². The van der Waals surface area contributed by atoms with Crippen molar-refractivity contribution in [3.8, 4) is 0 Å². The average molecular weight is 198 g/mol. The van der Waals surface area contributed by atoms with E-state index >= 15 is 0 Å². The zero-order chi connectivity index (χ0) is 9.73. The van der Waals surface area contributed by atoms with Crippen LogP contribution >= 0.6 is 0 Å². The van der Waals surface area contributed by atoms with Gasteiger partial charge in [0.05, 0.1) is 4.90 Å². The minimum Gasteiger partial charge on any atom is -0.209 e. The monoisotopic (exact) mass is 198 g/mol. The first kappa shape index (κ1) is 9.44. The molecule has 0 heterocycles. The highest BCUT2D eigenvalue weighted by molar-refractivity contribution is 7.89. The first-order valence-corrected chi connectivity index (χ1v) is 4.79. The van der Waals surface area contributed by atoms with Gasteiger partial charge in [-0.1, -0.05) is 23.3 Å². The smallest absolute Gasteiger partial charge is 0.209 e. The van der Waals surface area contributed by atoms with E-state index in [9.17, 15) is 13.2 Å². The summed E-state index contributed by atoms with van der Waals surface area (Å²) >= 11 is 0. The minimum atomic E-state index is -3.70. The van der Waals surface area contributed by atoms with Crippen LogP contribution in [0, 0.1) is 0 Å². The summed E-state index contributed by atoms with van der Waals surface area (Å²) in [6.07, 6.45) is 1.08. The van der Waals surface area contributed by atoms with E-state index in [4.69, 9.17) is 0 Å². The highest BCUT2D eigenvalue weighted by atomic mass is 32.2. The van der Waals surface area contributed by atoms with Crippen LogP contribution in [-0.2, 0) is 14.8 Å².